The van der Waals surface area contributed by atoms with Gasteiger partial charge in [0.2, 0.25) is 0 Å². The summed E-state index contributed by atoms with van der Waals surface area (Å²) in [5.74, 6) is 1.72. The summed E-state index contributed by atoms with van der Waals surface area (Å²) < 4.78 is 0. The van der Waals surface area contributed by atoms with Crippen molar-refractivity contribution in [2.45, 2.75) is 38.1 Å². The van der Waals surface area contributed by atoms with Crippen LogP contribution in [-0.4, -0.2) is 16.2 Å². The highest BCUT2D eigenvalue weighted by Gasteiger charge is 2.23. The average molecular weight is 264 g/mol. The predicted molar refractivity (Wildman–Crippen MR) is 75.1 cm³/mol. The van der Waals surface area contributed by atoms with Gasteiger partial charge in [0, 0.05) is 10.3 Å². The zero-order valence-electron chi connectivity index (χ0n) is 10.4. The Kier molecular flexibility index (Phi) is 2.87. The van der Waals surface area contributed by atoms with Gasteiger partial charge in [0.1, 0.15) is 15.7 Å². The third-order valence-corrected chi connectivity index (χ3v) is 5.26. The van der Waals surface area contributed by atoms with E-state index in [0.717, 1.165) is 11.7 Å². The van der Waals surface area contributed by atoms with Crippen LogP contribution in [0.3, 0.4) is 0 Å². The van der Waals surface area contributed by atoms with Gasteiger partial charge in [-0.25, -0.2) is 9.97 Å². The molecule has 0 aromatic carbocycles. The molecule has 0 aliphatic heterocycles. The lowest BCUT2D eigenvalue weighted by Gasteiger charge is -2.17. The lowest BCUT2D eigenvalue weighted by atomic mass is 9.89. The number of nitrogens with zero attached hydrogens (tertiary/aromatic N) is 2. The van der Waals surface area contributed by atoms with Crippen molar-refractivity contribution in [1.29, 1.82) is 0 Å². The van der Waals surface area contributed by atoms with Crippen LogP contribution >= 0.6 is 23.1 Å². The lowest BCUT2D eigenvalue weighted by Crippen LogP contribution is -2.08. The quantitative estimate of drug-likeness (QED) is 0.578. The van der Waals surface area contributed by atoms with E-state index in [2.05, 4.69) is 23.1 Å². The van der Waals surface area contributed by atoms with Crippen LogP contribution in [0.4, 0.5) is 0 Å². The number of thiophene rings is 1. The van der Waals surface area contributed by atoms with Crippen LogP contribution in [0.2, 0.25) is 0 Å². The van der Waals surface area contributed by atoms with Gasteiger partial charge in [0.05, 0.1) is 0 Å². The summed E-state index contributed by atoms with van der Waals surface area (Å²) in [5.41, 5.74) is 1.53. The van der Waals surface area contributed by atoms with Crippen molar-refractivity contribution in [1.82, 2.24) is 9.97 Å². The number of hydrogen-bond donors (Lipinski definition) is 0. The van der Waals surface area contributed by atoms with Crippen molar-refractivity contribution in [3.8, 4) is 0 Å². The number of thioether (sulfide) groups is 1. The van der Waals surface area contributed by atoms with E-state index in [-0.39, 0.29) is 0 Å². The summed E-state index contributed by atoms with van der Waals surface area (Å²) in [6.45, 7) is 4.33. The first kappa shape index (κ1) is 11.5. The molecule has 0 N–H and O–H groups in total. The number of fused-ring (bicyclic) bond motifs is 3. The minimum absolute atomic E-state index is 0.822. The van der Waals surface area contributed by atoms with Crippen LogP contribution < -0.4 is 0 Å². The molecule has 0 radical (unpaired) electrons. The Morgan fingerprint density at radius 2 is 2.18 bits per heavy atom. The zero-order chi connectivity index (χ0) is 12.0. The van der Waals surface area contributed by atoms with Gasteiger partial charge in [-0.15, -0.1) is 23.1 Å². The number of aromatic nitrogens is 2. The van der Waals surface area contributed by atoms with Crippen LogP contribution in [0.1, 0.15) is 29.6 Å². The molecule has 0 saturated heterocycles. The Hall–Kier alpha value is -0.610. The van der Waals surface area contributed by atoms with E-state index in [1.165, 1.54) is 40.1 Å². The van der Waals surface area contributed by atoms with Crippen LogP contribution in [-0.2, 0) is 12.8 Å². The van der Waals surface area contributed by atoms with Crippen molar-refractivity contribution in [2.75, 3.05) is 6.26 Å². The molecule has 2 nitrogen and oxygen atoms in total. The summed E-state index contributed by atoms with van der Waals surface area (Å²) in [4.78, 5) is 11.9. The molecule has 2 aromatic heterocycles. The molecule has 1 atom stereocenters. The summed E-state index contributed by atoms with van der Waals surface area (Å²) >= 11 is 3.63. The molecular weight excluding hydrogens is 248 g/mol. The standard InChI is InChI=1S/C13H16N2S2/c1-7-4-5-9-10(6-7)17-13-11(9)12(16-3)14-8(2)15-13/h7H,4-6H2,1-3H3. The largest absolute Gasteiger partial charge is 0.226 e. The van der Waals surface area contributed by atoms with Gasteiger partial charge >= 0.3 is 0 Å². The first-order chi connectivity index (χ1) is 8.19. The topological polar surface area (TPSA) is 25.8 Å². The Labute approximate surface area is 110 Å². The SMILES string of the molecule is CSc1nc(C)nc2sc3c(c12)CCC(C)C3. The fraction of sp³-hybridized carbons (Fsp3) is 0.538. The van der Waals surface area contributed by atoms with Crippen LogP contribution in [0.5, 0.6) is 0 Å². The number of hydrogen-bond acceptors (Lipinski definition) is 4. The molecule has 0 fully saturated rings. The minimum atomic E-state index is 0.822. The van der Waals surface area contributed by atoms with E-state index >= 15 is 0 Å². The number of aryl methyl sites for hydroxylation is 2. The van der Waals surface area contributed by atoms with Crippen LogP contribution in [0, 0.1) is 12.8 Å². The molecule has 90 valence electrons. The summed E-state index contributed by atoms with van der Waals surface area (Å²) in [6, 6.07) is 0. The molecular formula is C13H16N2S2. The molecule has 2 heterocycles. The van der Waals surface area contributed by atoms with Crippen molar-refractivity contribution in [3.63, 3.8) is 0 Å². The average Bonchev–Trinajstić information content (AvgIpc) is 2.64. The van der Waals surface area contributed by atoms with E-state index in [1.807, 2.05) is 18.3 Å². The Balaban J connectivity index is 2.28. The van der Waals surface area contributed by atoms with E-state index < -0.39 is 0 Å². The van der Waals surface area contributed by atoms with Gasteiger partial charge in [-0.1, -0.05) is 6.92 Å². The monoisotopic (exact) mass is 264 g/mol. The van der Waals surface area contributed by atoms with E-state index in [1.54, 1.807) is 16.6 Å². The van der Waals surface area contributed by atoms with E-state index in [4.69, 9.17) is 0 Å². The molecule has 0 bridgehead atoms. The van der Waals surface area contributed by atoms with E-state index in [0.29, 0.717) is 0 Å². The van der Waals surface area contributed by atoms with Gasteiger partial charge in [-0.05, 0) is 43.9 Å². The third-order valence-electron chi connectivity index (χ3n) is 3.43. The zero-order valence-corrected chi connectivity index (χ0v) is 12.0. The highest BCUT2D eigenvalue weighted by Crippen LogP contribution is 2.40. The fourth-order valence-electron chi connectivity index (χ4n) is 2.56. The van der Waals surface area contributed by atoms with Crippen molar-refractivity contribution >= 4 is 33.3 Å². The molecule has 1 aliphatic rings. The summed E-state index contributed by atoms with van der Waals surface area (Å²) in [5, 5.41) is 2.51. The molecule has 17 heavy (non-hydrogen) atoms. The van der Waals surface area contributed by atoms with Crippen molar-refractivity contribution in [2.24, 2.45) is 5.92 Å². The number of rotatable bonds is 1. The Bertz CT molecular complexity index is 574. The van der Waals surface area contributed by atoms with Crippen LogP contribution in [0.25, 0.3) is 10.2 Å². The molecule has 0 amide bonds. The molecule has 2 aromatic rings. The Morgan fingerprint density at radius 1 is 1.35 bits per heavy atom. The van der Waals surface area contributed by atoms with Crippen molar-refractivity contribution < 1.29 is 0 Å². The first-order valence-electron chi connectivity index (χ1n) is 6.02. The highest BCUT2D eigenvalue weighted by atomic mass is 32.2. The normalized spacial score (nSPS) is 19.6. The second kappa shape index (κ2) is 4.25. The maximum atomic E-state index is 4.61. The molecule has 0 spiro atoms. The van der Waals surface area contributed by atoms with E-state index in [9.17, 15) is 0 Å². The van der Waals surface area contributed by atoms with Gasteiger partial charge < -0.3 is 0 Å². The van der Waals surface area contributed by atoms with Gasteiger partial charge in [-0.2, -0.15) is 0 Å². The van der Waals surface area contributed by atoms with Gasteiger partial charge in [0.15, 0.2) is 0 Å². The third kappa shape index (κ3) is 1.87. The highest BCUT2D eigenvalue weighted by molar-refractivity contribution is 7.98. The second-order valence-corrected chi connectivity index (χ2v) is 6.69. The van der Waals surface area contributed by atoms with Crippen molar-refractivity contribution in [3.05, 3.63) is 16.3 Å². The van der Waals surface area contributed by atoms with Gasteiger partial charge in [-0.3, -0.25) is 0 Å². The Morgan fingerprint density at radius 3 is 2.94 bits per heavy atom. The first-order valence-corrected chi connectivity index (χ1v) is 8.06. The predicted octanol–water partition coefficient (Wildman–Crippen LogP) is 3.85. The molecule has 3 rings (SSSR count). The maximum Gasteiger partial charge on any atom is 0.128 e. The summed E-state index contributed by atoms with van der Waals surface area (Å²) in [6.07, 6.45) is 5.84. The molecule has 1 unspecified atom stereocenters. The fourth-order valence-corrected chi connectivity index (χ4v) is 4.70. The molecule has 1 aliphatic carbocycles. The molecule has 4 heteroatoms. The van der Waals surface area contributed by atoms with Gasteiger partial charge in [0.25, 0.3) is 0 Å². The second-order valence-electron chi connectivity index (χ2n) is 4.81. The minimum Gasteiger partial charge on any atom is -0.226 e. The summed E-state index contributed by atoms with van der Waals surface area (Å²) in [7, 11) is 0. The molecule has 0 saturated carbocycles. The maximum absolute atomic E-state index is 4.61. The van der Waals surface area contributed by atoms with Crippen LogP contribution in [0.15, 0.2) is 5.03 Å². The smallest absolute Gasteiger partial charge is 0.128 e. The lowest BCUT2D eigenvalue weighted by molar-refractivity contribution is 0.509.